The van der Waals surface area contributed by atoms with Crippen molar-refractivity contribution in [2.45, 2.75) is 31.4 Å². The van der Waals surface area contributed by atoms with Crippen LogP contribution in [0, 0.1) is 5.92 Å². The molecule has 92 valence electrons. The molecule has 17 heavy (non-hydrogen) atoms. The van der Waals surface area contributed by atoms with Gasteiger partial charge in [-0.25, -0.2) is 9.97 Å². The maximum Gasteiger partial charge on any atom is 0.157 e. The van der Waals surface area contributed by atoms with Crippen LogP contribution in [0.25, 0.3) is 0 Å². The van der Waals surface area contributed by atoms with Crippen LogP contribution in [0.2, 0.25) is 5.15 Å². The normalized spacial score (nSPS) is 28.3. The van der Waals surface area contributed by atoms with Crippen molar-refractivity contribution in [3.63, 3.8) is 0 Å². The molecule has 2 fully saturated rings. The fraction of sp³-hybridized carbons (Fsp3) is 0.636. The summed E-state index contributed by atoms with van der Waals surface area (Å²) in [7, 11) is 0. The molecule has 0 aromatic carbocycles. The molecule has 6 heteroatoms. The highest BCUT2D eigenvalue weighted by molar-refractivity contribution is 6.32. The van der Waals surface area contributed by atoms with E-state index in [1.54, 1.807) is 0 Å². The van der Waals surface area contributed by atoms with Gasteiger partial charge in [0, 0.05) is 6.61 Å². The quantitative estimate of drug-likeness (QED) is 0.803. The Labute approximate surface area is 105 Å². The fourth-order valence-electron chi connectivity index (χ4n) is 2.32. The number of nitrogens with zero attached hydrogens (tertiary/aromatic N) is 2. The number of hydrogen-bond donors (Lipinski definition) is 2. The number of aromatic nitrogens is 2. The summed E-state index contributed by atoms with van der Waals surface area (Å²) in [6.45, 7) is 0.803. The van der Waals surface area contributed by atoms with Crippen molar-refractivity contribution in [2.24, 2.45) is 5.92 Å². The Bertz CT molecular complexity index is 424. The number of hydrogen-bond acceptors (Lipinski definition) is 5. The smallest absolute Gasteiger partial charge is 0.157 e. The Morgan fingerprint density at radius 2 is 2.18 bits per heavy atom. The second-order valence-electron chi connectivity index (χ2n) is 4.64. The van der Waals surface area contributed by atoms with E-state index in [1.807, 2.05) is 0 Å². The Morgan fingerprint density at radius 1 is 1.35 bits per heavy atom. The number of nitrogens with two attached hydrogens (primary N) is 1. The fourth-order valence-corrected chi connectivity index (χ4v) is 2.45. The van der Waals surface area contributed by atoms with Crippen LogP contribution in [-0.4, -0.2) is 28.7 Å². The summed E-state index contributed by atoms with van der Waals surface area (Å²) in [5.41, 5.74) is 6.25. The second kappa shape index (κ2) is 4.31. The lowest BCUT2D eigenvalue weighted by Gasteiger charge is -2.20. The van der Waals surface area contributed by atoms with Crippen LogP contribution in [0.15, 0.2) is 6.33 Å². The molecule has 0 radical (unpaired) electrons. The lowest BCUT2D eigenvalue weighted by atomic mass is 10.1. The molecule has 1 aliphatic heterocycles. The van der Waals surface area contributed by atoms with Gasteiger partial charge in [-0.05, 0) is 25.2 Å². The summed E-state index contributed by atoms with van der Waals surface area (Å²) in [6, 6.07) is 0.288. The number of ether oxygens (including phenoxy) is 1. The average molecular weight is 255 g/mol. The summed E-state index contributed by atoms with van der Waals surface area (Å²) < 4.78 is 5.75. The van der Waals surface area contributed by atoms with Crippen molar-refractivity contribution in [3.05, 3.63) is 11.5 Å². The molecule has 2 atom stereocenters. The van der Waals surface area contributed by atoms with Gasteiger partial charge >= 0.3 is 0 Å². The molecule has 1 saturated carbocycles. The molecule has 0 amide bonds. The van der Waals surface area contributed by atoms with Gasteiger partial charge in [0.1, 0.15) is 12.0 Å². The zero-order valence-electron chi connectivity index (χ0n) is 9.40. The molecule has 2 unspecified atom stereocenters. The van der Waals surface area contributed by atoms with Gasteiger partial charge in [0.25, 0.3) is 0 Å². The van der Waals surface area contributed by atoms with E-state index in [0.717, 1.165) is 13.0 Å². The van der Waals surface area contributed by atoms with E-state index in [2.05, 4.69) is 15.3 Å². The number of nitrogens with one attached hydrogen (secondary N) is 1. The van der Waals surface area contributed by atoms with E-state index in [9.17, 15) is 0 Å². The van der Waals surface area contributed by atoms with Gasteiger partial charge in [-0.2, -0.15) is 0 Å². The largest absolute Gasteiger partial charge is 0.393 e. The second-order valence-corrected chi connectivity index (χ2v) is 5.00. The molecule has 1 aliphatic carbocycles. The van der Waals surface area contributed by atoms with Crippen molar-refractivity contribution in [1.82, 2.24) is 9.97 Å². The van der Waals surface area contributed by atoms with Crippen molar-refractivity contribution in [1.29, 1.82) is 0 Å². The number of rotatable bonds is 3. The summed E-state index contributed by atoms with van der Waals surface area (Å²) in [4.78, 5) is 7.97. The van der Waals surface area contributed by atoms with Gasteiger partial charge in [0.15, 0.2) is 11.0 Å². The minimum absolute atomic E-state index is 0.288. The van der Waals surface area contributed by atoms with E-state index in [4.69, 9.17) is 22.1 Å². The molecule has 1 aromatic rings. The first-order chi connectivity index (χ1) is 8.25. The third kappa shape index (κ3) is 2.17. The van der Waals surface area contributed by atoms with Crippen molar-refractivity contribution in [2.75, 3.05) is 17.7 Å². The number of nitrogen functional groups attached to an aromatic ring is 1. The van der Waals surface area contributed by atoms with Crippen LogP contribution in [0.5, 0.6) is 0 Å². The third-order valence-electron chi connectivity index (χ3n) is 3.38. The first kappa shape index (κ1) is 11.0. The van der Waals surface area contributed by atoms with Crippen LogP contribution in [0.3, 0.4) is 0 Å². The highest BCUT2D eigenvalue weighted by Gasteiger charge is 2.40. The van der Waals surface area contributed by atoms with Crippen LogP contribution >= 0.6 is 11.6 Å². The first-order valence-corrected chi connectivity index (χ1v) is 6.27. The maximum atomic E-state index is 5.86. The predicted molar refractivity (Wildman–Crippen MR) is 65.9 cm³/mol. The van der Waals surface area contributed by atoms with Crippen LogP contribution in [0.4, 0.5) is 11.5 Å². The summed E-state index contributed by atoms with van der Waals surface area (Å²) in [6.07, 6.45) is 5.24. The van der Waals surface area contributed by atoms with Crippen LogP contribution < -0.4 is 11.1 Å². The highest BCUT2D eigenvalue weighted by Crippen LogP contribution is 2.40. The minimum atomic E-state index is 0.288. The summed E-state index contributed by atoms with van der Waals surface area (Å²) >= 11 is 5.86. The molecule has 1 saturated heterocycles. The van der Waals surface area contributed by atoms with Gasteiger partial charge in [-0.1, -0.05) is 11.6 Å². The molecular weight excluding hydrogens is 240 g/mol. The zero-order chi connectivity index (χ0) is 11.8. The van der Waals surface area contributed by atoms with Gasteiger partial charge in [-0.15, -0.1) is 0 Å². The topological polar surface area (TPSA) is 73.1 Å². The van der Waals surface area contributed by atoms with Gasteiger partial charge in [0.2, 0.25) is 0 Å². The molecule has 3 rings (SSSR count). The summed E-state index contributed by atoms with van der Waals surface area (Å²) in [5, 5.41) is 3.63. The number of anilines is 2. The third-order valence-corrected chi connectivity index (χ3v) is 3.68. The lowest BCUT2D eigenvalue weighted by Crippen LogP contribution is -2.31. The van der Waals surface area contributed by atoms with E-state index in [-0.39, 0.29) is 6.04 Å². The Morgan fingerprint density at radius 3 is 2.94 bits per heavy atom. The molecule has 5 nitrogen and oxygen atoms in total. The predicted octanol–water partition coefficient (Wildman–Crippen LogP) is 1.69. The lowest BCUT2D eigenvalue weighted by molar-refractivity contribution is 0.0898. The minimum Gasteiger partial charge on any atom is -0.393 e. The highest BCUT2D eigenvalue weighted by atomic mass is 35.5. The summed E-state index contributed by atoms with van der Waals surface area (Å²) in [5.74, 6) is 1.32. The van der Waals surface area contributed by atoms with Crippen molar-refractivity contribution >= 4 is 23.1 Å². The Kier molecular flexibility index (Phi) is 2.80. The van der Waals surface area contributed by atoms with Gasteiger partial charge < -0.3 is 15.8 Å². The molecule has 2 heterocycles. The molecule has 1 aromatic heterocycles. The standard InChI is InChI=1S/C11H15ClN4O/c12-10-8(13)11(15-5-14-10)16-7-3-4-17-9(7)6-1-2-6/h5-7,9H,1-4,13H2,(H,14,15,16). The number of halogens is 1. The van der Waals surface area contributed by atoms with E-state index < -0.39 is 0 Å². The molecule has 3 N–H and O–H groups in total. The van der Waals surface area contributed by atoms with E-state index in [0.29, 0.717) is 28.7 Å². The molecule has 0 spiro atoms. The zero-order valence-corrected chi connectivity index (χ0v) is 10.2. The molecular formula is C11H15ClN4O. The van der Waals surface area contributed by atoms with Gasteiger partial charge in [-0.3, -0.25) is 0 Å². The first-order valence-electron chi connectivity index (χ1n) is 5.90. The monoisotopic (exact) mass is 254 g/mol. The SMILES string of the molecule is Nc1c(Cl)ncnc1NC1CCOC1C1CC1. The van der Waals surface area contributed by atoms with E-state index in [1.165, 1.54) is 19.2 Å². The maximum absolute atomic E-state index is 5.86. The van der Waals surface area contributed by atoms with Crippen molar-refractivity contribution in [3.8, 4) is 0 Å². The Hall–Kier alpha value is -1.07. The Balaban J connectivity index is 1.75. The van der Waals surface area contributed by atoms with Crippen LogP contribution in [0.1, 0.15) is 19.3 Å². The molecule has 2 aliphatic rings. The van der Waals surface area contributed by atoms with Gasteiger partial charge in [0.05, 0.1) is 12.1 Å². The van der Waals surface area contributed by atoms with Crippen molar-refractivity contribution < 1.29 is 4.74 Å². The van der Waals surface area contributed by atoms with Crippen LogP contribution in [-0.2, 0) is 4.74 Å². The van der Waals surface area contributed by atoms with E-state index >= 15 is 0 Å². The average Bonchev–Trinajstić information content (AvgIpc) is 3.06. The molecule has 0 bridgehead atoms.